The molecular formula is C15H23NOS. The first-order chi connectivity index (χ1) is 8.72. The molecule has 2 nitrogen and oxygen atoms in total. The maximum absolute atomic E-state index is 8.90. The van der Waals surface area contributed by atoms with Crippen molar-refractivity contribution in [1.82, 2.24) is 5.32 Å². The molecule has 1 heterocycles. The summed E-state index contributed by atoms with van der Waals surface area (Å²) in [5.74, 6) is 0.319. The highest BCUT2D eigenvalue weighted by Crippen LogP contribution is 2.08. The molecule has 1 aromatic carbocycles. The summed E-state index contributed by atoms with van der Waals surface area (Å²) in [6.07, 6.45) is 0. The standard InChI is InChI=1S/C8H11NO.C5H6S.C2H6/c1-9-6-7-2-4-8(10)5-3-7;1-5-3-2-4-6-5;1-2/h2-5,9-10H,6H2,1H3;2-4H,1H3;1-2H3. The molecule has 3 heteroatoms. The largest absolute Gasteiger partial charge is 0.508 e. The van der Waals surface area contributed by atoms with Gasteiger partial charge < -0.3 is 10.4 Å². The molecule has 0 aliphatic carbocycles. The summed E-state index contributed by atoms with van der Waals surface area (Å²) in [6, 6.07) is 11.3. The molecule has 0 saturated heterocycles. The molecule has 2 rings (SSSR count). The van der Waals surface area contributed by atoms with Crippen molar-refractivity contribution >= 4 is 11.3 Å². The number of hydrogen-bond donors (Lipinski definition) is 2. The number of nitrogens with one attached hydrogen (secondary N) is 1. The Morgan fingerprint density at radius 3 is 2.06 bits per heavy atom. The number of benzene rings is 1. The maximum atomic E-state index is 8.90. The number of phenols is 1. The van der Waals surface area contributed by atoms with Crippen LogP contribution in [0, 0.1) is 6.92 Å². The lowest BCUT2D eigenvalue weighted by molar-refractivity contribution is 0.475. The third-order valence-corrected chi connectivity index (χ3v) is 2.78. The molecule has 1 aromatic heterocycles. The van der Waals surface area contributed by atoms with E-state index in [9.17, 15) is 0 Å². The van der Waals surface area contributed by atoms with Crippen molar-refractivity contribution in [2.24, 2.45) is 0 Å². The van der Waals surface area contributed by atoms with Gasteiger partial charge >= 0.3 is 0 Å². The van der Waals surface area contributed by atoms with Crippen molar-refractivity contribution in [2.75, 3.05) is 7.05 Å². The summed E-state index contributed by atoms with van der Waals surface area (Å²) in [5.41, 5.74) is 1.18. The van der Waals surface area contributed by atoms with E-state index in [0.29, 0.717) is 5.75 Å². The third-order valence-electron chi connectivity index (χ3n) is 1.98. The fourth-order valence-corrected chi connectivity index (χ4v) is 1.71. The predicted octanol–water partition coefficient (Wildman–Crippen LogP) is 4.19. The van der Waals surface area contributed by atoms with Crippen molar-refractivity contribution in [3.05, 3.63) is 52.2 Å². The zero-order valence-electron chi connectivity index (χ0n) is 11.6. The number of aryl methyl sites for hydroxylation is 1. The fourth-order valence-electron chi connectivity index (χ4n) is 1.18. The minimum atomic E-state index is 0.319. The van der Waals surface area contributed by atoms with Crippen molar-refractivity contribution in [1.29, 1.82) is 0 Å². The zero-order valence-corrected chi connectivity index (χ0v) is 12.4. The van der Waals surface area contributed by atoms with Crippen LogP contribution in [0.3, 0.4) is 0 Å². The van der Waals surface area contributed by atoms with E-state index in [1.165, 1.54) is 10.4 Å². The highest BCUT2D eigenvalue weighted by atomic mass is 32.1. The molecule has 0 radical (unpaired) electrons. The van der Waals surface area contributed by atoms with Crippen LogP contribution in [0.15, 0.2) is 41.8 Å². The van der Waals surface area contributed by atoms with Crippen LogP contribution in [0.5, 0.6) is 5.75 Å². The molecule has 0 atom stereocenters. The van der Waals surface area contributed by atoms with Crippen LogP contribution < -0.4 is 5.32 Å². The van der Waals surface area contributed by atoms with Crippen molar-refractivity contribution in [3.63, 3.8) is 0 Å². The van der Waals surface area contributed by atoms with Gasteiger partial charge in [-0.25, -0.2) is 0 Å². The quantitative estimate of drug-likeness (QED) is 0.853. The first-order valence-corrected chi connectivity index (χ1v) is 7.03. The van der Waals surface area contributed by atoms with Gasteiger partial charge in [0.2, 0.25) is 0 Å². The molecule has 0 fully saturated rings. The van der Waals surface area contributed by atoms with Crippen LogP contribution in [-0.2, 0) is 6.54 Å². The SMILES string of the molecule is CC.CNCc1ccc(O)cc1.Cc1cccs1. The Morgan fingerprint density at radius 2 is 1.72 bits per heavy atom. The predicted molar refractivity (Wildman–Crippen MR) is 81.3 cm³/mol. The Bertz CT molecular complexity index is 381. The number of rotatable bonds is 2. The molecule has 100 valence electrons. The van der Waals surface area contributed by atoms with E-state index in [0.717, 1.165) is 6.54 Å². The molecule has 0 bridgehead atoms. The van der Waals surface area contributed by atoms with Gasteiger partial charge in [-0.3, -0.25) is 0 Å². The van der Waals surface area contributed by atoms with Crippen molar-refractivity contribution in [2.45, 2.75) is 27.3 Å². The third kappa shape index (κ3) is 7.87. The normalized spacial score (nSPS) is 8.67. The molecule has 0 unspecified atom stereocenters. The maximum Gasteiger partial charge on any atom is 0.115 e. The average Bonchev–Trinajstić information content (AvgIpc) is 2.87. The second-order valence-electron chi connectivity index (χ2n) is 3.42. The number of phenolic OH excluding ortho intramolecular Hbond substituents is 1. The molecular weight excluding hydrogens is 242 g/mol. The summed E-state index contributed by atoms with van der Waals surface area (Å²) >= 11 is 1.78. The summed E-state index contributed by atoms with van der Waals surface area (Å²) in [5, 5.41) is 14.0. The van der Waals surface area contributed by atoms with E-state index < -0.39 is 0 Å². The highest BCUT2D eigenvalue weighted by molar-refractivity contribution is 7.09. The van der Waals surface area contributed by atoms with Gasteiger partial charge in [0.25, 0.3) is 0 Å². The molecule has 0 aliphatic rings. The minimum absolute atomic E-state index is 0.319. The van der Waals surface area contributed by atoms with Crippen LogP contribution in [0.2, 0.25) is 0 Å². The van der Waals surface area contributed by atoms with Crippen LogP contribution in [0.4, 0.5) is 0 Å². The smallest absolute Gasteiger partial charge is 0.115 e. The van der Waals surface area contributed by atoms with Gasteiger partial charge in [-0.1, -0.05) is 32.0 Å². The Morgan fingerprint density at radius 1 is 1.11 bits per heavy atom. The van der Waals surface area contributed by atoms with Gasteiger partial charge in [0.15, 0.2) is 0 Å². The van der Waals surface area contributed by atoms with Gasteiger partial charge in [-0.15, -0.1) is 11.3 Å². The van der Waals surface area contributed by atoms with E-state index in [2.05, 4.69) is 29.8 Å². The van der Waals surface area contributed by atoms with Gasteiger partial charge in [0.05, 0.1) is 0 Å². The van der Waals surface area contributed by atoms with Crippen LogP contribution >= 0.6 is 11.3 Å². The van der Waals surface area contributed by atoms with Gasteiger partial charge in [-0.05, 0) is 43.1 Å². The highest BCUT2D eigenvalue weighted by Gasteiger charge is 1.88. The topological polar surface area (TPSA) is 32.3 Å². The van der Waals surface area contributed by atoms with Gasteiger partial charge in [-0.2, -0.15) is 0 Å². The van der Waals surface area contributed by atoms with E-state index in [-0.39, 0.29) is 0 Å². The monoisotopic (exact) mass is 265 g/mol. The number of thiophene rings is 1. The average molecular weight is 265 g/mol. The minimum Gasteiger partial charge on any atom is -0.508 e. The second kappa shape index (κ2) is 10.8. The summed E-state index contributed by atoms with van der Waals surface area (Å²) in [6.45, 7) is 6.95. The van der Waals surface area contributed by atoms with Crippen LogP contribution in [0.25, 0.3) is 0 Å². The number of hydrogen-bond acceptors (Lipinski definition) is 3. The van der Waals surface area contributed by atoms with Crippen molar-refractivity contribution < 1.29 is 5.11 Å². The first-order valence-electron chi connectivity index (χ1n) is 6.15. The molecule has 0 spiro atoms. The molecule has 0 aliphatic heterocycles. The van der Waals surface area contributed by atoms with E-state index in [1.807, 2.05) is 33.0 Å². The number of aromatic hydroxyl groups is 1. The van der Waals surface area contributed by atoms with E-state index in [1.54, 1.807) is 23.5 Å². The molecule has 0 amide bonds. The summed E-state index contributed by atoms with van der Waals surface area (Å²) < 4.78 is 0. The lowest BCUT2D eigenvalue weighted by Gasteiger charge is -1.98. The van der Waals surface area contributed by atoms with Gasteiger partial charge in [0.1, 0.15) is 5.75 Å². The van der Waals surface area contributed by atoms with Crippen LogP contribution in [-0.4, -0.2) is 12.2 Å². The Hall–Kier alpha value is -1.32. The van der Waals surface area contributed by atoms with Gasteiger partial charge in [0, 0.05) is 11.4 Å². The lowest BCUT2D eigenvalue weighted by Crippen LogP contribution is -2.04. The molecule has 2 aromatic rings. The Labute approximate surface area is 114 Å². The first kappa shape index (κ1) is 16.7. The summed E-state index contributed by atoms with van der Waals surface area (Å²) in [7, 11) is 1.90. The van der Waals surface area contributed by atoms with E-state index in [4.69, 9.17) is 5.11 Å². The lowest BCUT2D eigenvalue weighted by atomic mass is 10.2. The fraction of sp³-hybridized carbons (Fsp3) is 0.333. The Balaban J connectivity index is 0.000000308. The second-order valence-corrected chi connectivity index (χ2v) is 4.57. The van der Waals surface area contributed by atoms with E-state index >= 15 is 0 Å². The molecule has 0 saturated carbocycles. The molecule has 18 heavy (non-hydrogen) atoms. The zero-order chi connectivity index (χ0) is 13.8. The Kier molecular flexibility index (Phi) is 10.0. The molecule has 2 N–H and O–H groups in total. The summed E-state index contributed by atoms with van der Waals surface area (Å²) in [4.78, 5) is 1.38. The van der Waals surface area contributed by atoms with Crippen LogP contribution in [0.1, 0.15) is 24.3 Å². The van der Waals surface area contributed by atoms with Crippen molar-refractivity contribution in [3.8, 4) is 5.75 Å².